The predicted octanol–water partition coefficient (Wildman–Crippen LogP) is 5.63. The lowest BCUT2D eigenvalue weighted by atomic mass is 10.1. The Morgan fingerprint density at radius 3 is 2.29 bits per heavy atom. The van der Waals surface area contributed by atoms with Crippen LogP contribution in [0.25, 0.3) is 11.5 Å². The van der Waals surface area contributed by atoms with Crippen molar-refractivity contribution in [2.45, 2.75) is 23.8 Å². The van der Waals surface area contributed by atoms with Gasteiger partial charge < -0.3 is 14.5 Å². The molecule has 0 unspecified atom stereocenters. The summed E-state index contributed by atoms with van der Waals surface area (Å²) in [6, 6.07) is 22.9. The Kier molecular flexibility index (Phi) is 5.77. The monoisotopic (exact) mass is 434 g/mol. The number of aryl methyl sites for hydroxylation is 1. The van der Waals surface area contributed by atoms with E-state index < -0.39 is 9.84 Å². The van der Waals surface area contributed by atoms with Crippen LogP contribution in [0, 0.1) is 6.92 Å². The Hall–Kier alpha value is -3.58. The number of oxazole rings is 1. The molecule has 1 N–H and O–H groups in total. The summed E-state index contributed by atoms with van der Waals surface area (Å²) in [5, 5.41) is 2.90. The molecule has 1 heterocycles. The second kappa shape index (κ2) is 8.65. The maximum absolute atomic E-state index is 13.3. The van der Waals surface area contributed by atoms with Crippen LogP contribution in [0.2, 0.25) is 0 Å². The minimum atomic E-state index is -3.90. The summed E-state index contributed by atoms with van der Waals surface area (Å²) in [5.41, 5.74) is 2.31. The van der Waals surface area contributed by atoms with E-state index in [9.17, 15) is 8.42 Å². The third-order valence-corrected chi connectivity index (χ3v) is 6.38. The number of sulfone groups is 1. The smallest absolute Gasteiger partial charge is 0.238 e. The molecule has 0 fully saturated rings. The van der Waals surface area contributed by atoms with E-state index in [1.54, 1.807) is 42.5 Å². The molecule has 0 atom stereocenters. The maximum Gasteiger partial charge on any atom is 0.238 e. The molecule has 3 aromatic carbocycles. The zero-order chi connectivity index (χ0) is 21.8. The van der Waals surface area contributed by atoms with Gasteiger partial charge >= 0.3 is 0 Å². The molecule has 0 spiro atoms. The molecule has 7 heteroatoms. The molecular formula is C24H22N2O4S. The molecule has 31 heavy (non-hydrogen) atoms. The molecule has 0 bridgehead atoms. The molecule has 0 saturated carbocycles. The van der Waals surface area contributed by atoms with E-state index in [1.165, 1.54) is 12.1 Å². The van der Waals surface area contributed by atoms with Gasteiger partial charge in [0.05, 0.1) is 11.5 Å². The molecule has 6 nitrogen and oxygen atoms in total. The molecule has 0 aliphatic rings. The van der Waals surface area contributed by atoms with E-state index in [4.69, 9.17) is 9.15 Å². The van der Waals surface area contributed by atoms with Crippen LogP contribution in [0.4, 0.5) is 11.6 Å². The fourth-order valence-electron chi connectivity index (χ4n) is 3.14. The van der Waals surface area contributed by atoms with E-state index in [1.807, 2.05) is 38.1 Å². The van der Waals surface area contributed by atoms with Crippen molar-refractivity contribution < 1.29 is 17.6 Å². The van der Waals surface area contributed by atoms with E-state index in [2.05, 4.69) is 10.3 Å². The van der Waals surface area contributed by atoms with Crippen molar-refractivity contribution in [1.29, 1.82) is 0 Å². The first-order chi connectivity index (χ1) is 15.0. The highest BCUT2D eigenvalue weighted by molar-refractivity contribution is 7.91. The van der Waals surface area contributed by atoms with Crippen LogP contribution in [0.5, 0.6) is 5.75 Å². The minimum Gasteiger partial charge on any atom is -0.494 e. The highest BCUT2D eigenvalue weighted by Crippen LogP contribution is 2.35. The topological polar surface area (TPSA) is 81.4 Å². The van der Waals surface area contributed by atoms with Gasteiger partial charge in [-0.2, -0.15) is 4.98 Å². The van der Waals surface area contributed by atoms with E-state index in [0.717, 1.165) is 16.9 Å². The molecule has 0 amide bonds. The predicted molar refractivity (Wildman–Crippen MR) is 119 cm³/mol. The molecule has 158 valence electrons. The Labute approximate surface area is 181 Å². The number of rotatable bonds is 7. The highest BCUT2D eigenvalue weighted by Gasteiger charge is 2.29. The van der Waals surface area contributed by atoms with E-state index in [0.29, 0.717) is 12.3 Å². The van der Waals surface area contributed by atoms with Gasteiger partial charge in [-0.15, -0.1) is 0 Å². The molecular weight excluding hydrogens is 412 g/mol. The normalized spacial score (nSPS) is 11.3. The zero-order valence-electron chi connectivity index (χ0n) is 17.2. The van der Waals surface area contributed by atoms with E-state index in [-0.39, 0.29) is 21.7 Å². The van der Waals surface area contributed by atoms with Crippen molar-refractivity contribution >= 4 is 21.4 Å². The molecule has 0 aliphatic carbocycles. The van der Waals surface area contributed by atoms with Crippen LogP contribution in [-0.4, -0.2) is 20.0 Å². The Morgan fingerprint density at radius 2 is 1.61 bits per heavy atom. The van der Waals surface area contributed by atoms with Gasteiger partial charge in [-0.05, 0) is 61.9 Å². The van der Waals surface area contributed by atoms with Crippen molar-refractivity contribution in [2.24, 2.45) is 0 Å². The van der Waals surface area contributed by atoms with Crippen molar-refractivity contribution in [3.05, 3.63) is 84.4 Å². The van der Waals surface area contributed by atoms with Crippen molar-refractivity contribution in [2.75, 3.05) is 11.9 Å². The average Bonchev–Trinajstić information content (AvgIpc) is 3.20. The average molecular weight is 435 g/mol. The third kappa shape index (κ3) is 4.32. The lowest BCUT2D eigenvalue weighted by Crippen LogP contribution is -2.05. The highest BCUT2D eigenvalue weighted by atomic mass is 32.2. The second-order valence-corrected chi connectivity index (χ2v) is 8.73. The third-order valence-electron chi connectivity index (χ3n) is 4.70. The number of benzene rings is 3. The van der Waals surface area contributed by atoms with Crippen LogP contribution in [-0.2, 0) is 9.84 Å². The largest absolute Gasteiger partial charge is 0.494 e. The van der Waals surface area contributed by atoms with Gasteiger partial charge in [0.25, 0.3) is 0 Å². The minimum absolute atomic E-state index is 0.0614. The van der Waals surface area contributed by atoms with Crippen LogP contribution >= 0.6 is 0 Å². The number of anilines is 2. The van der Waals surface area contributed by atoms with Crippen LogP contribution in [0.1, 0.15) is 12.5 Å². The summed E-state index contributed by atoms with van der Waals surface area (Å²) < 4.78 is 38.1. The Bertz CT molecular complexity index is 1280. The maximum atomic E-state index is 13.3. The number of nitrogens with one attached hydrogen (secondary N) is 1. The second-order valence-electron chi connectivity index (χ2n) is 6.87. The van der Waals surface area contributed by atoms with Gasteiger partial charge in [0.2, 0.25) is 26.6 Å². The fourth-order valence-corrected chi connectivity index (χ4v) is 4.42. The summed E-state index contributed by atoms with van der Waals surface area (Å²) in [7, 11) is -3.90. The number of hydrogen-bond acceptors (Lipinski definition) is 6. The van der Waals surface area contributed by atoms with Crippen LogP contribution < -0.4 is 10.1 Å². The first-order valence-corrected chi connectivity index (χ1v) is 11.3. The summed E-state index contributed by atoms with van der Waals surface area (Å²) in [5.74, 6) is 1.02. The van der Waals surface area contributed by atoms with Gasteiger partial charge in [-0.3, -0.25) is 0 Å². The molecule has 0 radical (unpaired) electrons. The molecule has 4 aromatic rings. The first-order valence-electron chi connectivity index (χ1n) is 9.86. The first kappa shape index (κ1) is 20.7. The molecule has 1 aromatic heterocycles. The number of hydrogen-bond donors (Lipinski definition) is 1. The molecule has 0 aliphatic heterocycles. The Morgan fingerprint density at radius 1 is 0.935 bits per heavy atom. The summed E-state index contributed by atoms with van der Waals surface area (Å²) in [4.78, 5) is 4.54. The SMILES string of the molecule is CCOc1ccc(Nc2oc(-c3ccccc3C)nc2S(=O)(=O)c2ccccc2)cc1. The standard InChI is InChI=1S/C24H22N2O4S/c1-3-29-19-15-13-18(14-16-19)25-23-24(31(27,28)20-10-5-4-6-11-20)26-22(30-23)21-12-8-7-9-17(21)2/h4-16,25H,3H2,1-2H3. The lowest BCUT2D eigenvalue weighted by molar-refractivity contribution is 0.340. The zero-order valence-corrected chi connectivity index (χ0v) is 18.0. The van der Waals surface area contributed by atoms with Gasteiger partial charge in [-0.1, -0.05) is 36.4 Å². The summed E-state index contributed by atoms with van der Waals surface area (Å²) in [6.07, 6.45) is 0. The lowest BCUT2D eigenvalue weighted by Gasteiger charge is -2.07. The van der Waals surface area contributed by atoms with Crippen LogP contribution in [0.15, 0.2) is 93.2 Å². The summed E-state index contributed by atoms with van der Waals surface area (Å²) in [6.45, 7) is 4.40. The van der Waals surface area contributed by atoms with E-state index >= 15 is 0 Å². The van der Waals surface area contributed by atoms with Crippen molar-refractivity contribution in [1.82, 2.24) is 4.98 Å². The molecule has 0 saturated heterocycles. The van der Waals surface area contributed by atoms with Crippen molar-refractivity contribution in [3.8, 4) is 17.2 Å². The Balaban J connectivity index is 1.80. The van der Waals surface area contributed by atoms with Gasteiger partial charge in [0, 0.05) is 11.3 Å². The van der Waals surface area contributed by atoms with Gasteiger partial charge in [-0.25, -0.2) is 8.42 Å². The van der Waals surface area contributed by atoms with Gasteiger partial charge in [0.15, 0.2) is 0 Å². The quantitative estimate of drug-likeness (QED) is 0.406. The number of ether oxygens (including phenoxy) is 1. The van der Waals surface area contributed by atoms with Gasteiger partial charge in [0.1, 0.15) is 5.75 Å². The summed E-state index contributed by atoms with van der Waals surface area (Å²) >= 11 is 0. The van der Waals surface area contributed by atoms with Crippen LogP contribution in [0.3, 0.4) is 0 Å². The molecule has 4 rings (SSSR count). The number of nitrogens with zero attached hydrogens (tertiary/aromatic N) is 1. The number of aromatic nitrogens is 1. The fraction of sp³-hybridized carbons (Fsp3) is 0.125. The van der Waals surface area contributed by atoms with Crippen molar-refractivity contribution in [3.63, 3.8) is 0 Å².